The van der Waals surface area contributed by atoms with Gasteiger partial charge >= 0.3 is 0 Å². The maximum Gasteiger partial charge on any atom is 0.109 e. The summed E-state index contributed by atoms with van der Waals surface area (Å²) >= 11 is 6.17. The van der Waals surface area contributed by atoms with Crippen molar-refractivity contribution in [3.8, 4) is 0 Å². The van der Waals surface area contributed by atoms with Crippen molar-refractivity contribution in [2.45, 2.75) is 31.6 Å². The summed E-state index contributed by atoms with van der Waals surface area (Å²) in [6.45, 7) is 4.01. The molecule has 1 atom stereocenters. The highest BCUT2D eigenvalue weighted by atomic mass is 35.5. The summed E-state index contributed by atoms with van der Waals surface area (Å²) in [6, 6.07) is 7.69. The maximum absolute atomic E-state index is 12.2. The molecule has 1 aromatic rings. The third-order valence-corrected chi connectivity index (χ3v) is 4.96. The number of allylic oxidation sites excluding steroid dienone is 1. The largest absolute Gasteiger partial charge is 0.248 e. The van der Waals surface area contributed by atoms with Crippen molar-refractivity contribution in [1.82, 2.24) is 0 Å². The van der Waals surface area contributed by atoms with E-state index in [1.165, 1.54) is 18.4 Å². The molecule has 86 valence electrons. The second-order valence-electron chi connectivity index (χ2n) is 4.31. The van der Waals surface area contributed by atoms with E-state index < -0.39 is 10.8 Å². The van der Waals surface area contributed by atoms with Crippen LogP contribution < -0.4 is 0 Å². The van der Waals surface area contributed by atoms with Crippen molar-refractivity contribution in [2.24, 2.45) is 5.92 Å². The molecule has 0 saturated heterocycles. The minimum Gasteiger partial charge on any atom is -0.248 e. The molecule has 0 spiro atoms. The summed E-state index contributed by atoms with van der Waals surface area (Å²) in [6.07, 6.45) is 2.38. The molecule has 3 heteroatoms. The monoisotopic (exact) mass is 254 g/mol. The van der Waals surface area contributed by atoms with Crippen LogP contribution in [0.25, 0.3) is 0 Å². The molecule has 1 nitrogen and oxygen atoms in total. The molecule has 0 aromatic heterocycles. The van der Waals surface area contributed by atoms with Crippen LogP contribution >= 0.6 is 11.6 Å². The number of hydrogen-bond donors (Lipinski definition) is 0. The summed E-state index contributed by atoms with van der Waals surface area (Å²) in [5.41, 5.74) is 2.26. The molecule has 2 rings (SSSR count). The van der Waals surface area contributed by atoms with Gasteiger partial charge in [-0.1, -0.05) is 29.3 Å². The lowest BCUT2D eigenvalue weighted by molar-refractivity contribution is 0.687. The first-order chi connectivity index (χ1) is 7.59. The van der Waals surface area contributed by atoms with Gasteiger partial charge < -0.3 is 0 Å². The van der Waals surface area contributed by atoms with E-state index in [4.69, 9.17) is 11.6 Å². The first-order valence-electron chi connectivity index (χ1n) is 5.44. The van der Waals surface area contributed by atoms with Crippen molar-refractivity contribution in [3.63, 3.8) is 0 Å². The Labute approximate surface area is 104 Å². The van der Waals surface area contributed by atoms with Crippen molar-refractivity contribution >= 4 is 22.4 Å². The SMILES string of the molecule is C/C(=C(\Cl)S(=O)c1ccc(C)cc1)C1CC1. The molecule has 1 aromatic carbocycles. The second kappa shape index (κ2) is 4.72. The molecule has 0 bridgehead atoms. The fourth-order valence-electron chi connectivity index (χ4n) is 1.59. The number of benzene rings is 1. The lowest BCUT2D eigenvalue weighted by Crippen LogP contribution is -1.95. The number of rotatable bonds is 3. The van der Waals surface area contributed by atoms with E-state index in [2.05, 4.69) is 0 Å². The molecule has 1 aliphatic rings. The first-order valence-corrected chi connectivity index (χ1v) is 6.97. The van der Waals surface area contributed by atoms with Gasteiger partial charge in [-0.2, -0.15) is 0 Å². The van der Waals surface area contributed by atoms with E-state index in [-0.39, 0.29) is 0 Å². The zero-order valence-corrected chi connectivity index (χ0v) is 11.1. The topological polar surface area (TPSA) is 17.1 Å². The molecule has 0 radical (unpaired) electrons. The Morgan fingerprint density at radius 3 is 2.38 bits per heavy atom. The highest BCUT2D eigenvalue weighted by Gasteiger charge is 2.27. The van der Waals surface area contributed by atoms with E-state index in [0.717, 1.165) is 10.5 Å². The van der Waals surface area contributed by atoms with E-state index >= 15 is 0 Å². The van der Waals surface area contributed by atoms with Gasteiger partial charge in [-0.15, -0.1) is 0 Å². The summed E-state index contributed by atoms with van der Waals surface area (Å²) in [4.78, 5) is 0.788. The van der Waals surface area contributed by atoms with Gasteiger partial charge in [0.05, 0.1) is 10.8 Å². The lowest BCUT2D eigenvalue weighted by atomic mass is 10.2. The summed E-state index contributed by atoms with van der Waals surface area (Å²) in [5.74, 6) is 0.571. The van der Waals surface area contributed by atoms with Gasteiger partial charge in [0.1, 0.15) is 4.36 Å². The molecule has 0 aliphatic heterocycles. The smallest absolute Gasteiger partial charge is 0.109 e. The van der Waals surface area contributed by atoms with E-state index in [9.17, 15) is 4.21 Å². The Morgan fingerprint density at radius 2 is 1.88 bits per heavy atom. The fourth-order valence-corrected chi connectivity index (χ4v) is 3.06. The van der Waals surface area contributed by atoms with Crippen LogP contribution in [0.5, 0.6) is 0 Å². The molecular formula is C13H15ClOS. The zero-order valence-electron chi connectivity index (χ0n) is 9.50. The lowest BCUT2D eigenvalue weighted by Gasteiger charge is -2.05. The molecule has 0 amide bonds. The highest BCUT2D eigenvalue weighted by Crippen LogP contribution is 2.39. The molecule has 0 N–H and O–H groups in total. The van der Waals surface area contributed by atoms with Gasteiger partial charge in [-0.25, -0.2) is 4.21 Å². The first kappa shape index (κ1) is 11.9. The van der Waals surface area contributed by atoms with Crippen LogP contribution in [0.1, 0.15) is 25.3 Å². The Bertz CT molecular complexity index is 444. The van der Waals surface area contributed by atoms with Gasteiger partial charge in [-0.05, 0) is 50.3 Å². The van der Waals surface area contributed by atoms with Crippen molar-refractivity contribution < 1.29 is 4.21 Å². The number of aryl methyl sites for hydroxylation is 1. The van der Waals surface area contributed by atoms with Crippen molar-refractivity contribution in [2.75, 3.05) is 0 Å². The number of hydrogen-bond acceptors (Lipinski definition) is 1. The molecule has 1 unspecified atom stereocenters. The second-order valence-corrected chi connectivity index (χ2v) is 6.33. The maximum atomic E-state index is 12.2. The Balaban J connectivity index is 2.24. The average molecular weight is 255 g/mol. The molecule has 16 heavy (non-hydrogen) atoms. The van der Waals surface area contributed by atoms with Gasteiger partial charge in [-0.3, -0.25) is 0 Å². The van der Waals surface area contributed by atoms with Gasteiger partial charge in [0.2, 0.25) is 0 Å². The van der Waals surface area contributed by atoms with E-state index in [1.54, 1.807) is 0 Å². The molecule has 1 aliphatic carbocycles. The fraction of sp³-hybridized carbons (Fsp3) is 0.385. The third-order valence-electron chi connectivity index (χ3n) is 2.90. The normalized spacial score (nSPS) is 19.2. The van der Waals surface area contributed by atoms with Crippen LogP contribution in [0.2, 0.25) is 0 Å². The molecule has 1 saturated carbocycles. The third kappa shape index (κ3) is 2.55. The van der Waals surface area contributed by atoms with Crippen LogP contribution in [0, 0.1) is 12.8 Å². The van der Waals surface area contributed by atoms with Crippen molar-refractivity contribution in [3.05, 3.63) is 39.8 Å². The Kier molecular flexibility index (Phi) is 3.50. The standard InChI is InChI=1S/C13H15ClOS/c1-9-3-7-12(8-4-9)16(15)13(14)10(2)11-5-6-11/h3-4,7-8,11H,5-6H2,1-2H3/b13-10-. The summed E-state index contributed by atoms with van der Waals surface area (Å²) in [7, 11) is -1.20. The predicted molar refractivity (Wildman–Crippen MR) is 68.9 cm³/mol. The van der Waals surface area contributed by atoms with Crippen LogP contribution in [0.4, 0.5) is 0 Å². The van der Waals surface area contributed by atoms with Crippen LogP contribution in [0.15, 0.2) is 39.1 Å². The molecule has 1 fully saturated rings. The average Bonchev–Trinajstić information content (AvgIpc) is 3.11. The van der Waals surface area contributed by atoms with E-state index in [0.29, 0.717) is 10.3 Å². The quantitative estimate of drug-likeness (QED) is 0.797. The highest BCUT2D eigenvalue weighted by molar-refractivity contribution is 7.90. The Hall–Kier alpha value is -0.600. The molecule has 0 heterocycles. The van der Waals surface area contributed by atoms with Crippen LogP contribution in [-0.2, 0) is 10.8 Å². The molecular weight excluding hydrogens is 240 g/mol. The van der Waals surface area contributed by atoms with Gasteiger partial charge in [0, 0.05) is 4.90 Å². The summed E-state index contributed by atoms with van der Waals surface area (Å²) < 4.78 is 12.7. The van der Waals surface area contributed by atoms with Crippen LogP contribution in [-0.4, -0.2) is 4.21 Å². The van der Waals surface area contributed by atoms with E-state index in [1.807, 2.05) is 38.1 Å². The minimum atomic E-state index is -1.20. The number of halogens is 1. The minimum absolute atomic E-state index is 0.520. The predicted octanol–water partition coefficient (Wildman–Crippen LogP) is 3.98. The summed E-state index contributed by atoms with van der Waals surface area (Å²) in [5, 5.41) is 0. The van der Waals surface area contributed by atoms with Crippen LogP contribution in [0.3, 0.4) is 0 Å². The van der Waals surface area contributed by atoms with Gasteiger partial charge in [0.15, 0.2) is 0 Å². The van der Waals surface area contributed by atoms with Crippen molar-refractivity contribution in [1.29, 1.82) is 0 Å². The van der Waals surface area contributed by atoms with Gasteiger partial charge in [0.25, 0.3) is 0 Å². The Morgan fingerprint density at radius 1 is 1.31 bits per heavy atom. The zero-order chi connectivity index (χ0) is 11.7.